The number of unbranched alkanes of at least 4 members (excludes halogenated alkanes) is 3. The molecule has 0 bridgehead atoms. The summed E-state index contributed by atoms with van der Waals surface area (Å²) in [4.78, 5) is 6.46. The van der Waals surface area contributed by atoms with Gasteiger partial charge in [0.25, 0.3) is 0 Å². The molecule has 3 aromatic carbocycles. The summed E-state index contributed by atoms with van der Waals surface area (Å²) in [6.07, 6.45) is 7.49. The van der Waals surface area contributed by atoms with Crippen molar-refractivity contribution < 1.29 is 0 Å². The molecule has 34 heavy (non-hydrogen) atoms. The van der Waals surface area contributed by atoms with Crippen molar-refractivity contribution in [2.75, 3.05) is 22.2 Å². The average molecular weight is 510 g/mol. The first-order chi connectivity index (χ1) is 16.7. The van der Waals surface area contributed by atoms with Gasteiger partial charge in [0.15, 0.2) is 0 Å². The number of benzene rings is 3. The standard InChI is InChI=1S/C30H39NS3/c1-4-7-19-32-28-16-10-13-25(22-28)31(26-14-11-17-29(23-26)33-20-8-5-2)27-15-12-18-30(24-27)34-21-9-6-3/h10-18,22-24H,4-9,19-21H2,1-3H3. The lowest BCUT2D eigenvalue weighted by Crippen LogP contribution is -2.10. The highest BCUT2D eigenvalue weighted by atomic mass is 32.2. The van der Waals surface area contributed by atoms with Crippen molar-refractivity contribution in [1.29, 1.82) is 0 Å². The molecule has 4 heteroatoms. The van der Waals surface area contributed by atoms with E-state index in [1.165, 1.54) is 87.5 Å². The molecule has 0 unspecified atom stereocenters. The third kappa shape index (κ3) is 8.62. The fourth-order valence-corrected chi connectivity index (χ4v) is 6.73. The van der Waals surface area contributed by atoms with Crippen molar-refractivity contribution in [2.45, 2.75) is 74.0 Å². The normalized spacial score (nSPS) is 11.0. The fraction of sp³-hybridized carbons (Fsp3) is 0.400. The van der Waals surface area contributed by atoms with Crippen LogP contribution in [0.5, 0.6) is 0 Å². The second kappa shape index (κ2) is 15.5. The topological polar surface area (TPSA) is 3.24 Å². The van der Waals surface area contributed by atoms with Gasteiger partial charge in [-0.3, -0.25) is 0 Å². The number of hydrogen-bond donors (Lipinski definition) is 0. The maximum Gasteiger partial charge on any atom is 0.0472 e. The van der Waals surface area contributed by atoms with Gasteiger partial charge in [-0.2, -0.15) is 0 Å². The molecule has 0 N–H and O–H groups in total. The van der Waals surface area contributed by atoms with Crippen LogP contribution >= 0.6 is 35.3 Å². The van der Waals surface area contributed by atoms with Crippen LogP contribution in [0.15, 0.2) is 87.5 Å². The minimum absolute atomic E-state index is 1.17. The molecule has 0 aliphatic heterocycles. The highest BCUT2D eigenvalue weighted by Gasteiger charge is 2.14. The Labute approximate surface area is 220 Å². The molecule has 0 amide bonds. The van der Waals surface area contributed by atoms with E-state index in [4.69, 9.17) is 0 Å². The molecule has 0 aliphatic carbocycles. The van der Waals surface area contributed by atoms with Crippen LogP contribution in [0.1, 0.15) is 59.3 Å². The van der Waals surface area contributed by atoms with E-state index in [0.29, 0.717) is 0 Å². The van der Waals surface area contributed by atoms with Crippen molar-refractivity contribution >= 4 is 52.3 Å². The molecule has 182 valence electrons. The molecule has 3 aromatic rings. The highest BCUT2D eigenvalue weighted by Crippen LogP contribution is 2.39. The number of anilines is 3. The molecular weight excluding hydrogens is 471 g/mol. The quantitative estimate of drug-likeness (QED) is 0.148. The van der Waals surface area contributed by atoms with Crippen molar-refractivity contribution in [3.05, 3.63) is 72.8 Å². The first-order valence-electron chi connectivity index (χ1n) is 12.7. The molecule has 3 rings (SSSR count). The molecule has 0 spiro atoms. The molecule has 0 aliphatic rings. The number of thioether (sulfide) groups is 3. The Kier molecular flexibility index (Phi) is 12.4. The van der Waals surface area contributed by atoms with Crippen LogP contribution < -0.4 is 4.90 Å². The third-order valence-corrected chi connectivity index (χ3v) is 8.77. The Hall–Kier alpha value is -1.49. The third-order valence-electron chi connectivity index (χ3n) is 5.53. The van der Waals surface area contributed by atoms with Crippen molar-refractivity contribution in [3.63, 3.8) is 0 Å². The lowest BCUT2D eigenvalue weighted by atomic mass is 10.2. The van der Waals surface area contributed by atoms with Crippen molar-refractivity contribution in [2.24, 2.45) is 0 Å². The molecular formula is C30H39NS3. The predicted molar refractivity (Wildman–Crippen MR) is 158 cm³/mol. The Morgan fingerprint density at radius 1 is 0.500 bits per heavy atom. The van der Waals surface area contributed by atoms with Gasteiger partial charge in [-0.05, 0) is 91.1 Å². The Morgan fingerprint density at radius 2 is 0.824 bits per heavy atom. The summed E-state index contributed by atoms with van der Waals surface area (Å²) in [5, 5.41) is 0. The van der Waals surface area contributed by atoms with Gasteiger partial charge in [0.1, 0.15) is 0 Å². The molecule has 0 fully saturated rings. The van der Waals surface area contributed by atoms with E-state index in [1.54, 1.807) is 0 Å². The van der Waals surface area contributed by atoms with Crippen LogP contribution in [0.3, 0.4) is 0 Å². The summed E-state index contributed by atoms with van der Waals surface area (Å²) in [6.45, 7) is 6.78. The summed E-state index contributed by atoms with van der Waals surface area (Å²) in [5.41, 5.74) is 3.69. The zero-order chi connectivity index (χ0) is 24.0. The smallest absolute Gasteiger partial charge is 0.0472 e. The average Bonchev–Trinajstić information content (AvgIpc) is 2.86. The fourth-order valence-electron chi connectivity index (χ4n) is 3.59. The first-order valence-corrected chi connectivity index (χ1v) is 15.7. The number of nitrogens with zero attached hydrogens (tertiary/aromatic N) is 1. The molecule has 0 heterocycles. The monoisotopic (exact) mass is 509 g/mol. The SMILES string of the molecule is CCCCSc1cccc(N(c2cccc(SCCCC)c2)c2cccc(SCCCC)c2)c1. The maximum atomic E-state index is 2.43. The van der Waals surface area contributed by atoms with E-state index >= 15 is 0 Å². The summed E-state index contributed by atoms with van der Waals surface area (Å²) in [7, 11) is 0. The van der Waals surface area contributed by atoms with Gasteiger partial charge in [-0.25, -0.2) is 0 Å². The number of rotatable bonds is 15. The Morgan fingerprint density at radius 3 is 1.12 bits per heavy atom. The van der Waals surface area contributed by atoms with Gasteiger partial charge in [0.05, 0.1) is 0 Å². The van der Waals surface area contributed by atoms with E-state index in [9.17, 15) is 0 Å². The summed E-state index contributed by atoms with van der Waals surface area (Å²) >= 11 is 5.90. The van der Waals surface area contributed by atoms with Gasteiger partial charge in [-0.1, -0.05) is 58.2 Å². The van der Waals surface area contributed by atoms with E-state index in [2.05, 4.69) is 98.5 Å². The maximum absolute atomic E-state index is 2.43. The van der Waals surface area contributed by atoms with Crippen molar-refractivity contribution in [1.82, 2.24) is 0 Å². The molecule has 0 saturated heterocycles. The Balaban J connectivity index is 1.96. The van der Waals surface area contributed by atoms with Crippen LogP contribution in [-0.4, -0.2) is 17.3 Å². The lowest BCUT2D eigenvalue weighted by molar-refractivity contribution is 0.896. The van der Waals surface area contributed by atoms with Gasteiger partial charge < -0.3 is 4.90 Å². The van der Waals surface area contributed by atoms with Crippen molar-refractivity contribution in [3.8, 4) is 0 Å². The van der Waals surface area contributed by atoms with Crippen LogP contribution in [0.4, 0.5) is 17.1 Å². The van der Waals surface area contributed by atoms with E-state index < -0.39 is 0 Å². The predicted octanol–water partition coefficient (Wildman–Crippen LogP) is 10.8. The van der Waals surface area contributed by atoms with Gasteiger partial charge in [-0.15, -0.1) is 35.3 Å². The van der Waals surface area contributed by atoms with Crippen LogP contribution in [0.2, 0.25) is 0 Å². The minimum atomic E-state index is 1.17. The molecule has 0 radical (unpaired) electrons. The zero-order valence-corrected chi connectivity index (χ0v) is 23.4. The number of hydrogen-bond acceptors (Lipinski definition) is 4. The lowest BCUT2D eigenvalue weighted by Gasteiger charge is -2.27. The van der Waals surface area contributed by atoms with Gasteiger partial charge in [0.2, 0.25) is 0 Å². The molecule has 0 aromatic heterocycles. The van der Waals surface area contributed by atoms with E-state index in [1.807, 2.05) is 35.3 Å². The summed E-state index contributed by atoms with van der Waals surface area (Å²) in [5.74, 6) is 3.52. The summed E-state index contributed by atoms with van der Waals surface area (Å²) < 4.78 is 0. The van der Waals surface area contributed by atoms with Crippen LogP contribution in [-0.2, 0) is 0 Å². The van der Waals surface area contributed by atoms with Gasteiger partial charge in [0, 0.05) is 31.7 Å². The van der Waals surface area contributed by atoms with E-state index in [-0.39, 0.29) is 0 Å². The van der Waals surface area contributed by atoms with E-state index in [0.717, 1.165) is 0 Å². The summed E-state index contributed by atoms with van der Waals surface area (Å²) in [6, 6.07) is 27.2. The zero-order valence-electron chi connectivity index (χ0n) is 21.0. The second-order valence-corrected chi connectivity index (χ2v) is 11.9. The minimum Gasteiger partial charge on any atom is -0.310 e. The largest absolute Gasteiger partial charge is 0.310 e. The van der Waals surface area contributed by atoms with Gasteiger partial charge >= 0.3 is 0 Å². The molecule has 0 saturated carbocycles. The highest BCUT2D eigenvalue weighted by molar-refractivity contribution is 7.99. The van der Waals surface area contributed by atoms with Crippen LogP contribution in [0.25, 0.3) is 0 Å². The molecule has 1 nitrogen and oxygen atoms in total. The first kappa shape index (κ1) is 27.1. The second-order valence-electron chi connectivity index (χ2n) is 8.43. The van der Waals surface area contributed by atoms with Crippen LogP contribution in [0, 0.1) is 0 Å². The molecule has 0 atom stereocenters. The Bertz CT molecular complexity index is 861.